The van der Waals surface area contributed by atoms with Crippen molar-refractivity contribution in [3.8, 4) is 0 Å². The van der Waals surface area contributed by atoms with Crippen LogP contribution in [0, 0.1) is 5.92 Å². The standard InChI is InChI=1S/C14H25N3OS/c1-10(2)12-6-5-7-17(12)14-16-11(9-18-4)13(19-14)8-15-3/h10,12,15H,5-9H2,1-4H3. The zero-order valence-corrected chi connectivity index (χ0v) is 13.2. The van der Waals surface area contributed by atoms with Crippen molar-refractivity contribution in [2.75, 3.05) is 25.6 Å². The number of thiazole rings is 1. The van der Waals surface area contributed by atoms with Crippen LogP contribution in [0.1, 0.15) is 37.3 Å². The molecule has 0 spiro atoms. The van der Waals surface area contributed by atoms with Gasteiger partial charge in [-0.2, -0.15) is 0 Å². The van der Waals surface area contributed by atoms with Gasteiger partial charge in [0.05, 0.1) is 12.3 Å². The molecular formula is C14H25N3OS. The number of nitrogens with zero attached hydrogens (tertiary/aromatic N) is 2. The van der Waals surface area contributed by atoms with E-state index in [9.17, 15) is 0 Å². The Morgan fingerprint density at radius 1 is 1.53 bits per heavy atom. The predicted octanol–water partition coefficient (Wildman–Crippen LogP) is 2.63. The molecule has 1 aliphatic rings. The Morgan fingerprint density at radius 3 is 2.95 bits per heavy atom. The van der Waals surface area contributed by atoms with Crippen molar-refractivity contribution in [3.05, 3.63) is 10.6 Å². The van der Waals surface area contributed by atoms with E-state index in [-0.39, 0.29) is 0 Å². The summed E-state index contributed by atoms with van der Waals surface area (Å²) >= 11 is 1.81. The maximum atomic E-state index is 5.26. The van der Waals surface area contributed by atoms with Gasteiger partial charge in [-0.05, 0) is 25.8 Å². The van der Waals surface area contributed by atoms with Crippen LogP contribution in [0.2, 0.25) is 0 Å². The molecule has 1 aliphatic heterocycles. The molecular weight excluding hydrogens is 258 g/mol. The van der Waals surface area contributed by atoms with Gasteiger partial charge in [0.2, 0.25) is 0 Å². The number of anilines is 1. The summed E-state index contributed by atoms with van der Waals surface area (Å²) in [6, 6.07) is 0.643. The second-order valence-electron chi connectivity index (χ2n) is 5.48. The van der Waals surface area contributed by atoms with Crippen LogP contribution < -0.4 is 10.2 Å². The van der Waals surface area contributed by atoms with Crippen LogP contribution in [-0.2, 0) is 17.9 Å². The average Bonchev–Trinajstić information content (AvgIpc) is 2.97. The van der Waals surface area contributed by atoms with Crippen molar-refractivity contribution in [2.24, 2.45) is 5.92 Å². The smallest absolute Gasteiger partial charge is 0.186 e. The molecule has 0 amide bonds. The van der Waals surface area contributed by atoms with Crippen molar-refractivity contribution in [1.29, 1.82) is 0 Å². The molecule has 108 valence electrons. The SMILES string of the molecule is CNCc1sc(N2CCCC2C(C)C)nc1COC. The van der Waals surface area contributed by atoms with Crippen molar-refractivity contribution in [2.45, 2.75) is 45.9 Å². The van der Waals surface area contributed by atoms with Crippen molar-refractivity contribution >= 4 is 16.5 Å². The Morgan fingerprint density at radius 2 is 2.32 bits per heavy atom. The molecule has 4 nitrogen and oxygen atoms in total. The van der Waals surface area contributed by atoms with Gasteiger partial charge in [0, 0.05) is 31.1 Å². The Labute approximate surface area is 120 Å². The fourth-order valence-corrected chi connectivity index (χ4v) is 3.92. The third-order valence-electron chi connectivity index (χ3n) is 3.70. The third kappa shape index (κ3) is 3.27. The maximum Gasteiger partial charge on any atom is 0.186 e. The van der Waals surface area contributed by atoms with E-state index >= 15 is 0 Å². The van der Waals surface area contributed by atoms with Gasteiger partial charge >= 0.3 is 0 Å². The lowest BCUT2D eigenvalue weighted by molar-refractivity contribution is 0.181. The molecule has 0 radical (unpaired) electrons. The van der Waals surface area contributed by atoms with E-state index in [2.05, 4.69) is 24.1 Å². The molecule has 0 bridgehead atoms. The van der Waals surface area contributed by atoms with Gasteiger partial charge < -0.3 is 15.0 Å². The van der Waals surface area contributed by atoms with Gasteiger partial charge in [-0.1, -0.05) is 13.8 Å². The van der Waals surface area contributed by atoms with E-state index < -0.39 is 0 Å². The average molecular weight is 283 g/mol. The van der Waals surface area contributed by atoms with E-state index in [4.69, 9.17) is 9.72 Å². The van der Waals surface area contributed by atoms with Crippen LogP contribution in [0.3, 0.4) is 0 Å². The molecule has 19 heavy (non-hydrogen) atoms. The maximum absolute atomic E-state index is 5.26. The van der Waals surface area contributed by atoms with Gasteiger partial charge in [-0.15, -0.1) is 11.3 Å². The molecule has 1 N–H and O–H groups in total. The number of ether oxygens (including phenoxy) is 1. The van der Waals surface area contributed by atoms with Crippen molar-refractivity contribution < 1.29 is 4.74 Å². The van der Waals surface area contributed by atoms with Crippen molar-refractivity contribution in [1.82, 2.24) is 10.3 Å². The zero-order valence-electron chi connectivity index (χ0n) is 12.4. The molecule has 0 saturated carbocycles. The van der Waals surface area contributed by atoms with Gasteiger partial charge in [0.1, 0.15) is 0 Å². The van der Waals surface area contributed by atoms with Crippen LogP contribution in [0.4, 0.5) is 5.13 Å². The predicted molar refractivity (Wildman–Crippen MR) is 80.8 cm³/mol. The van der Waals surface area contributed by atoms with Gasteiger partial charge in [-0.3, -0.25) is 0 Å². The molecule has 1 aromatic rings. The Balaban J connectivity index is 2.21. The van der Waals surface area contributed by atoms with Gasteiger partial charge in [0.15, 0.2) is 5.13 Å². The van der Waals surface area contributed by atoms with E-state index in [1.165, 1.54) is 22.9 Å². The number of aromatic nitrogens is 1. The molecule has 2 rings (SSSR count). The molecule has 0 aromatic carbocycles. The summed E-state index contributed by atoms with van der Waals surface area (Å²) in [6.45, 7) is 7.23. The lowest BCUT2D eigenvalue weighted by atomic mass is 10.0. The first-order valence-corrected chi connectivity index (χ1v) is 7.87. The zero-order chi connectivity index (χ0) is 13.8. The fourth-order valence-electron chi connectivity index (χ4n) is 2.76. The molecule has 1 saturated heterocycles. The minimum atomic E-state index is 0.605. The van der Waals surface area contributed by atoms with E-state index in [0.717, 1.165) is 18.8 Å². The fraction of sp³-hybridized carbons (Fsp3) is 0.786. The summed E-state index contributed by atoms with van der Waals surface area (Å²) in [4.78, 5) is 8.61. The summed E-state index contributed by atoms with van der Waals surface area (Å²) < 4.78 is 5.26. The number of hydrogen-bond acceptors (Lipinski definition) is 5. The third-order valence-corrected chi connectivity index (χ3v) is 4.83. The van der Waals surface area contributed by atoms with Gasteiger partial charge in [-0.25, -0.2) is 4.98 Å². The minimum absolute atomic E-state index is 0.605. The largest absolute Gasteiger partial charge is 0.378 e. The summed E-state index contributed by atoms with van der Waals surface area (Å²) in [5.41, 5.74) is 1.09. The van der Waals surface area contributed by atoms with Crippen molar-refractivity contribution in [3.63, 3.8) is 0 Å². The quantitative estimate of drug-likeness (QED) is 0.871. The summed E-state index contributed by atoms with van der Waals surface area (Å²) in [5, 5.41) is 4.39. The summed E-state index contributed by atoms with van der Waals surface area (Å²) in [6.07, 6.45) is 2.57. The first-order chi connectivity index (χ1) is 9.17. The molecule has 5 heteroatoms. The van der Waals surface area contributed by atoms with Crippen LogP contribution in [0.25, 0.3) is 0 Å². The second kappa shape index (κ2) is 6.68. The number of methoxy groups -OCH3 is 1. The lowest BCUT2D eigenvalue weighted by Gasteiger charge is -2.27. The van der Waals surface area contributed by atoms with Crippen LogP contribution in [0.5, 0.6) is 0 Å². The first kappa shape index (κ1) is 14.8. The molecule has 1 atom stereocenters. The van der Waals surface area contributed by atoms with E-state index in [1.54, 1.807) is 7.11 Å². The molecule has 0 aliphatic carbocycles. The summed E-state index contributed by atoms with van der Waals surface area (Å²) in [5.74, 6) is 0.685. The highest BCUT2D eigenvalue weighted by atomic mass is 32.1. The summed E-state index contributed by atoms with van der Waals surface area (Å²) in [7, 11) is 3.71. The molecule has 1 unspecified atom stereocenters. The molecule has 2 heterocycles. The first-order valence-electron chi connectivity index (χ1n) is 7.06. The van der Waals surface area contributed by atoms with E-state index in [0.29, 0.717) is 18.6 Å². The van der Waals surface area contributed by atoms with Crippen LogP contribution in [0.15, 0.2) is 0 Å². The number of nitrogens with one attached hydrogen (secondary N) is 1. The Kier molecular flexibility index (Phi) is 5.19. The highest BCUT2D eigenvalue weighted by Gasteiger charge is 2.29. The number of hydrogen-bond donors (Lipinski definition) is 1. The Bertz CT molecular complexity index is 382. The van der Waals surface area contributed by atoms with E-state index in [1.807, 2.05) is 18.4 Å². The highest BCUT2D eigenvalue weighted by molar-refractivity contribution is 7.15. The monoisotopic (exact) mass is 283 g/mol. The lowest BCUT2D eigenvalue weighted by Crippen LogP contribution is -2.33. The number of rotatable bonds is 6. The normalized spacial score (nSPS) is 19.6. The molecule has 1 aromatic heterocycles. The minimum Gasteiger partial charge on any atom is -0.378 e. The Hall–Kier alpha value is -0.650. The second-order valence-corrected chi connectivity index (χ2v) is 6.54. The van der Waals surface area contributed by atoms with Crippen LogP contribution >= 0.6 is 11.3 Å². The van der Waals surface area contributed by atoms with Gasteiger partial charge in [0.25, 0.3) is 0 Å². The van der Waals surface area contributed by atoms with Crippen LogP contribution in [-0.4, -0.2) is 31.7 Å². The highest BCUT2D eigenvalue weighted by Crippen LogP contribution is 2.34. The topological polar surface area (TPSA) is 37.4 Å². The molecule has 1 fully saturated rings.